The molecule has 0 heterocycles. The Morgan fingerprint density at radius 2 is 1.34 bits per heavy atom. The van der Waals surface area contributed by atoms with Crippen molar-refractivity contribution in [1.29, 1.82) is 0 Å². The van der Waals surface area contributed by atoms with Gasteiger partial charge in [0.15, 0.2) is 11.6 Å². The number of hydrogen-bond acceptors (Lipinski definition) is 6. The average Bonchev–Trinajstić information content (AvgIpc) is 2.71. The van der Waals surface area contributed by atoms with Gasteiger partial charge in [-0.2, -0.15) is 0 Å². The summed E-state index contributed by atoms with van der Waals surface area (Å²) in [5, 5.41) is 10.8. The third-order valence-corrected chi connectivity index (χ3v) is 5.94. The quantitative estimate of drug-likeness (QED) is 0.409. The molecule has 1 N–H and O–H groups in total. The van der Waals surface area contributed by atoms with Crippen LogP contribution in [0.1, 0.15) is 31.8 Å². The number of benzene rings is 3. The number of nitrogens with one attached hydrogen (secondary N) is 1. The van der Waals surface area contributed by atoms with Crippen molar-refractivity contribution in [3.8, 4) is 0 Å². The van der Waals surface area contributed by atoms with E-state index >= 15 is 0 Å². The monoisotopic (exact) mass is 408 g/mol. The predicted molar refractivity (Wildman–Crippen MR) is 104 cm³/mol. The first-order valence-corrected chi connectivity index (χ1v) is 9.86. The van der Waals surface area contributed by atoms with E-state index in [1.54, 1.807) is 18.2 Å². The van der Waals surface area contributed by atoms with E-state index in [0.29, 0.717) is 0 Å². The van der Waals surface area contributed by atoms with Gasteiger partial charge in [-0.3, -0.25) is 24.4 Å². The van der Waals surface area contributed by atoms with Gasteiger partial charge in [0.1, 0.15) is 0 Å². The van der Waals surface area contributed by atoms with E-state index in [1.807, 2.05) is 0 Å². The Morgan fingerprint density at radius 1 is 0.759 bits per heavy atom. The molecule has 1 aliphatic carbocycles. The number of fused-ring (bicyclic) bond motifs is 2. The first-order chi connectivity index (χ1) is 13.8. The number of sulfonamides is 1. The topological polar surface area (TPSA) is 123 Å². The second kappa shape index (κ2) is 6.64. The minimum absolute atomic E-state index is 0.0262. The largest absolute Gasteiger partial charge is 0.289 e. The van der Waals surface area contributed by atoms with Crippen LogP contribution in [0.4, 0.5) is 11.4 Å². The van der Waals surface area contributed by atoms with Gasteiger partial charge in [0, 0.05) is 28.8 Å². The third kappa shape index (κ3) is 3.07. The molecule has 0 spiro atoms. The summed E-state index contributed by atoms with van der Waals surface area (Å²) in [5.74, 6) is -0.830. The molecule has 0 aromatic heterocycles. The molecule has 0 radical (unpaired) electrons. The van der Waals surface area contributed by atoms with E-state index < -0.39 is 20.7 Å². The summed E-state index contributed by atoms with van der Waals surface area (Å²) in [6.07, 6.45) is 0. The number of nitro benzene ring substituents is 1. The van der Waals surface area contributed by atoms with Crippen LogP contribution in [0.3, 0.4) is 0 Å². The van der Waals surface area contributed by atoms with Crippen LogP contribution in [0.5, 0.6) is 0 Å². The van der Waals surface area contributed by atoms with Gasteiger partial charge in [0.25, 0.3) is 15.7 Å². The molecule has 9 heteroatoms. The van der Waals surface area contributed by atoms with Crippen molar-refractivity contribution in [2.45, 2.75) is 4.90 Å². The number of nitro groups is 1. The zero-order chi connectivity index (χ0) is 20.8. The average molecular weight is 408 g/mol. The minimum Gasteiger partial charge on any atom is -0.289 e. The fourth-order valence-corrected chi connectivity index (χ4v) is 4.25. The van der Waals surface area contributed by atoms with Crippen LogP contribution in [0.15, 0.2) is 71.6 Å². The molecule has 1 aliphatic rings. The number of nitrogens with zero attached hydrogens (tertiary/aromatic N) is 1. The molecule has 8 nitrogen and oxygen atoms in total. The molecule has 0 atom stereocenters. The maximum Gasteiger partial charge on any atom is 0.269 e. The standard InChI is InChI=1S/C20H12N2O6S/c23-19-14-4-1-2-5-15(14)20(24)18-16(19)6-3-7-17(18)21-29(27,28)13-10-8-12(9-11-13)22(25)26/h1-11,21H. The maximum atomic E-state index is 13.0. The number of carbonyl (C=O) groups is 2. The fraction of sp³-hybridized carbons (Fsp3) is 0. The Labute approximate surface area is 165 Å². The zero-order valence-electron chi connectivity index (χ0n) is 14.7. The van der Waals surface area contributed by atoms with E-state index in [0.717, 1.165) is 24.3 Å². The van der Waals surface area contributed by atoms with E-state index in [-0.39, 0.29) is 44.3 Å². The van der Waals surface area contributed by atoms with E-state index in [4.69, 9.17) is 0 Å². The summed E-state index contributed by atoms with van der Waals surface area (Å²) in [6, 6.07) is 15.0. The van der Waals surface area contributed by atoms with E-state index in [1.165, 1.54) is 24.3 Å². The van der Waals surface area contributed by atoms with Crippen LogP contribution in [-0.4, -0.2) is 24.9 Å². The highest BCUT2D eigenvalue weighted by Gasteiger charge is 2.32. The van der Waals surface area contributed by atoms with Gasteiger partial charge in [0.05, 0.1) is 21.1 Å². The smallest absolute Gasteiger partial charge is 0.269 e. The molecular weight excluding hydrogens is 396 g/mol. The second-order valence-electron chi connectivity index (χ2n) is 6.29. The Kier molecular flexibility index (Phi) is 4.24. The van der Waals surface area contributed by atoms with Gasteiger partial charge in [-0.05, 0) is 18.2 Å². The van der Waals surface area contributed by atoms with Gasteiger partial charge in [0.2, 0.25) is 0 Å². The third-order valence-electron chi connectivity index (χ3n) is 4.55. The molecule has 0 aliphatic heterocycles. The van der Waals surface area contributed by atoms with Crippen LogP contribution >= 0.6 is 0 Å². The van der Waals surface area contributed by atoms with Crippen molar-refractivity contribution >= 4 is 33.0 Å². The molecule has 3 aromatic rings. The van der Waals surface area contributed by atoms with Crippen molar-refractivity contribution < 1.29 is 22.9 Å². The highest BCUT2D eigenvalue weighted by Crippen LogP contribution is 2.33. The van der Waals surface area contributed by atoms with Crippen molar-refractivity contribution in [2.75, 3.05) is 4.72 Å². The van der Waals surface area contributed by atoms with Crippen LogP contribution < -0.4 is 4.72 Å². The molecule has 29 heavy (non-hydrogen) atoms. The van der Waals surface area contributed by atoms with Crippen LogP contribution in [0.2, 0.25) is 0 Å². The predicted octanol–water partition coefficient (Wildman–Crippen LogP) is 3.17. The normalized spacial score (nSPS) is 12.8. The van der Waals surface area contributed by atoms with Gasteiger partial charge >= 0.3 is 0 Å². The molecule has 0 saturated carbocycles. The molecule has 0 unspecified atom stereocenters. The Balaban J connectivity index is 1.77. The maximum absolute atomic E-state index is 13.0. The van der Waals surface area contributed by atoms with E-state index in [9.17, 15) is 28.1 Å². The number of ketones is 2. The van der Waals surface area contributed by atoms with Gasteiger partial charge < -0.3 is 0 Å². The molecule has 0 saturated heterocycles. The zero-order valence-corrected chi connectivity index (χ0v) is 15.5. The van der Waals surface area contributed by atoms with Crippen LogP contribution in [0.25, 0.3) is 0 Å². The fourth-order valence-electron chi connectivity index (χ4n) is 3.18. The molecule has 4 rings (SSSR count). The number of carbonyl (C=O) groups excluding carboxylic acids is 2. The lowest BCUT2D eigenvalue weighted by Crippen LogP contribution is -2.24. The summed E-state index contributed by atoms with van der Waals surface area (Å²) in [6.45, 7) is 0. The molecular formula is C20H12N2O6S. The van der Waals surface area contributed by atoms with Crippen molar-refractivity contribution in [3.63, 3.8) is 0 Å². The summed E-state index contributed by atoms with van der Waals surface area (Å²) in [7, 11) is -4.14. The first-order valence-electron chi connectivity index (χ1n) is 8.38. The Bertz CT molecular complexity index is 1300. The number of hydrogen-bond donors (Lipinski definition) is 1. The molecule has 0 bridgehead atoms. The van der Waals surface area contributed by atoms with Crippen molar-refractivity contribution in [3.05, 3.63) is 99.1 Å². The highest BCUT2D eigenvalue weighted by atomic mass is 32.2. The summed E-state index contributed by atoms with van der Waals surface area (Å²) in [4.78, 5) is 35.6. The summed E-state index contributed by atoms with van der Waals surface area (Å²) >= 11 is 0. The molecule has 0 fully saturated rings. The highest BCUT2D eigenvalue weighted by molar-refractivity contribution is 7.92. The lowest BCUT2D eigenvalue weighted by atomic mass is 9.83. The van der Waals surface area contributed by atoms with Crippen LogP contribution in [-0.2, 0) is 10.0 Å². The van der Waals surface area contributed by atoms with Crippen molar-refractivity contribution in [2.24, 2.45) is 0 Å². The summed E-state index contributed by atoms with van der Waals surface area (Å²) in [5.41, 5.74) is 0.263. The van der Waals surface area contributed by atoms with Crippen LogP contribution in [0, 0.1) is 10.1 Å². The lowest BCUT2D eigenvalue weighted by Gasteiger charge is -2.20. The Morgan fingerprint density at radius 3 is 1.97 bits per heavy atom. The van der Waals surface area contributed by atoms with Crippen molar-refractivity contribution in [1.82, 2.24) is 0 Å². The Hall–Kier alpha value is -3.85. The lowest BCUT2D eigenvalue weighted by molar-refractivity contribution is -0.384. The van der Waals surface area contributed by atoms with Gasteiger partial charge in [-0.15, -0.1) is 0 Å². The molecule has 144 valence electrons. The minimum atomic E-state index is -4.14. The number of rotatable bonds is 4. The molecule has 0 amide bonds. The van der Waals surface area contributed by atoms with Gasteiger partial charge in [-0.25, -0.2) is 8.42 Å². The van der Waals surface area contributed by atoms with Gasteiger partial charge in [-0.1, -0.05) is 36.4 Å². The number of anilines is 1. The van der Waals surface area contributed by atoms with E-state index in [2.05, 4.69) is 4.72 Å². The summed E-state index contributed by atoms with van der Waals surface area (Å²) < 4.78 is 27.8. The second-order valence-corrected chi connectivity index (χ2v) is 7.97. The SMILES string of the molecule is O=C1c2ccccc2C(=O)c2c(NS(=O)(=O)c3ccc([N+](=O)[O-])cc3)cccc21. The molecule has 3 aromatic carbocycles. The number of non-ortho nitro benzene ring substituents is 1. The first kappa shape index (κ1) is 18.5.